The van der Waals surface area contributed by atoms with Crippen LogP contribution in [0.1, 0.15) is 278 Å². The Morgan fingerprint density at radius 1 is 0.448 bits per heavy atom. The molecule has 0 aromatic heterocycles. The van der Waals surface area contributed by atoms with Crippen LogP contribution in [-0.4, -0.2) is 46.9 Å². The number of rotatable bonds is 51. The van der Waals surface area contributed by atoms with E-state index in [1.54, 1.807) is 0 Å². The molecule has 3 atom stereocenters. The Morgan fingerprint density at radius 3 is 1.31 bits per heavy atom. The van der Waals surface area contributed by atoms with Crippen LogP contribution in [0, 0.1) is 0 Å². The first-order valence-corrected chi connectivity index (χ1v) is 28.7. The summed E-state index contributed by atoms with van der Waals surface area (Å²) in [6.07, 6.45) is 69.6. The first-order valence-electron chi connectivity index (χ1n) is 28.7. The molecule has 0 saturated carbocycles. The summed E-state index contributed by atoms with van der Waals surface area (Å²) in [5.74, 6) is -0.518. The van der Waals surface area contributed by atoms with Crippen molar-refractivity contribution in [1.29, 1.82) is 0 Å². The predicted octanol–water partition coefficient (Wildman–Crippen LogP) is 17.7. The van der Waals surface area contributed by atoms with Gasteiger partial charge in [0.2, 0.25) is 5.91 Å². The van der Waals surface area contributed by atoms with Crippen molar-refractivity contribution in [3.8, 4) is 0 Å². The van der Waals surface area contributed by atoms with Crippen molar-refractivity contribution in [2.24, 2.45) is 0 Å². The van der Waals surface area contributed by atoms with Crippen molar-refractivity contribution in [2.45, 2.75) is 296 Å². The van der Waals surface area contributed by atoms with E-state index in [9.17, 15) is 19.8 Å². The highest BCUT2D eigenvalue weighted by Gasteiger charge is 2.24. The molecule has 0 aliphatic rings. The number of hydrogen-bond acceptors (Lipinski definition) is 5. The van der Waals surface area contributed by atoms with Gasteiger partial charge in [-0.3, -0.25) is 9.59 Å². The highest BCUT2D eigenvalue weighted by atomic mass is 16.5. The van der Waals surface area contributed by atoms with Gasteiger partial charge in [0, 0.05) is 6.42 Å². The number of carbonyl (C=O) groups is 2. The van der Waals surface area contributed by atoms with Crippen LogP contribution in [0.2, 0.25) is 0 Å². The van der Waals surface area contributed by atoms with Crippen molar-refractivity contribution in [2.75, 3.05) is 6.61 Å². The Hall–Kier alpha value is -2.70. The van der Waals surface area contributed by atoms with E-state index in [-0.39, 0.29) is 24.9 Å². The number of ether oxygens (including phenoxy) is 1. The fraction of sp³-hybridized carbons (Fsp3) is 0.770. The zero-order valence-corrected chi connectivity index (χ0v) is 44.3. The molecule has 3 N–H and O–H groups in total. The molecule has 6 nitrogen and oxygen atoms in total. The Bertz CT molecular complexity index is 1230. The molecule has 0 radical (unpaired) electrons. The molecule has 6 heteroatoms. The number of allylic oxidation sites excluding steroid dienone is 12. The molecule has 0 rings (SSSR count). The lowest BCUT2D eigenvalue weighted by atomic mass is 10.0. The largest absolute Gasteiger partial charge is 0.462 e. The Morgan fingerprint density at radius 2 is 0.821 bits per heavy atom. The third-order valence-electron chi connectivity index (χ3n) is 12.8. The minimum Gasteiger partial charge on any atom is -0.462 e. The number of hydrogen-bond donors (Lipinski definition) is 3. The van der Waals surface area contributed by atoms with Gasteiger partial charge < -0.3 is 20.3 Å². The SMILES string of the molecule is CCCCC/C=C\C/C=C\C/C=C\CCCCCCCCC(=O)OC(CCCCC/C=C/C=C/C=C/CCCCCCC)CC(=O)NC(CO)C(O)CCCCCCCCCCCCCCC. The summed E-state index contributed by atoms with van der Waals surface area (Å²) in [6.45, 7) is 6.44. The number of aliphatic hydroxyl groups is 2. The second kappa shape index (κ2) is 54.2. The first-order chi connectivity index (χ1) is 33.0. The summed E-state index contributed by atoms with van der Waals surface area (Å²) < 4.78 is 5.94. The van der Waals surface area contributed by atoms with Crippen LogP contribution >= 0.6 is 0 Å². The van der Waals surface area contributed by atoms with Gasteiger partial charge in [-0.05, 0) is 89.9 Å². The van der Waals surface area contributed by atoms with E-state index >= 15 is 0 Å². The van der Waals surface area contributed by atoms with Gasteiger partial charge in [0.1, 0.15) is 6.10 Å². The summed E-state index contributed by atoms with van der Waals surface area (Å²) in [5, 5.41) is 23.8. The maximum atomic E-state index is 13.3. The maximum Gasteiger partial charge on any atom is 0.306 e. The third kappa shape index (κ3) is 49.5. The topological polar surface area (TPSA) is 95.9 Å². The van der Waals surface area contributed by atoms with Gasteiger partial charge in [-0.15, -0.1) is 0 Å². The molecule has 0 aliphatic carbocycles. The van der Waals surface area contributed by atoms with E-state index in [0.29, 0.717) is 19.3 Å². The number of esters is 1. The van der Waals surface area contributed by atoms with Gasteiger partial charge >= 0.3 is 5.97 Å². The molecule has 0 spiro atoms. The fourth-order valence-corrected chi connectivity index (χ4v) is 8.44. The van der Waals surface area contributed by atoms with Crippen LogP contribution in [0.15, 0.2) is 72.9 Å². The summed E-state index contributed by atoms with van der Waals surface area (Å²) in [4.78, 5) is 26.3. The standard InChI is InChI=1S/C61H109NO5/c1-4-7-10-13-16-19-22-25-27-29-30-31-33-36-39-42-45-48-51-54-61(66)67-57(52-49-46-43-40-37-35-32-28-26-23-20-17-14-11-8-5-2)55-60(65)62-58(56-63)59(64)53-50-47-44-41-38-34-24-21-18-15-12-9-6-3/h16,19,23,25-28,30-32,35,37,57-59,63-64H,4-15,17-18,20-22,24,29,33-34,36,38-56H2,1-3H3,(H,62,65)/b19-16-,26-23+,27-25-,31-30-,32-28+,37-35+. The zero-order valence-electron chi connectivity index (χ0n) is 44.3. The second-order valence-corrected chi connectivity index (χ2v) is 19.4. The van der Waals surface area contributed by atoms with E-state index in [1.807, 2.05) is 0 Å². The monoisotopic (exact) mass is 936 g/mol. The van der Waals surface area contributed by atoms with Crippen LogP contribution < -0.4 is 5.32 Å². The molecule has 388 valence electrons. The zero-order chi connectivity index (χ0) is 48.8. The molecule has 0 bridgehead atoms. The number of amides is 1. The van der Waals surface area contributed by atoms with Crippen molar-refractivity contribution in [1.82, 2.24) is 5.32 Å². The lowest BCUT2D eigenvalue weighted by Gasteiger charge is -2.24. The summed E-state index contributed by atoms with van der Waals surface area (Å²) in [6, 6.07) is -0.719. The van der Waals surface area contributed by atoms with Crippen LogP contribution in [0.25, 0.3) is 0 Å². The van der Waals surface area contributed by atoms with Crippen LogP contribution in [0.3, 0.4) is 0 Å². The predicted molar refractivity (Wildman–Crippen MR) is 291 cm³/mol. The van der Waals surface area contributed by atoms with Crippen molar-refractivity contribution in [3.63, 3.8) is 0 Å². The molecule has 0 heterocycles. The van der Waals surface area contributed by atoms with Crippen molar-refractivity contribution >= 4 is 11.9 Å². The first kappa shape index (κ1) is 64.3. The van der Waals surface area contributed by atoms with Gasteiger partial charge in [0.15, 0.2) is 0 Å². The summed E-state index contributed by atoms with van der Waals surface area (Å²) in [7, 11) is 0. The summed E-state index contributed by atoms with van der Waals surface area (Å²) >= 11 is 0. The van der Waals surface area contributed by atoms with Gasteiger partial charge in [0.05, 0.1) is 25.2 Å². The van der Waals surface area contributed by atoms with E-state index in [4.69, 9.17) is 4.74 Å². The average molecular weight is 937 g/mol. The van der Waals surface area contributed by atoms with Crippen molar-refractivity contribution in [3.05, 3.63) is 72.9 Å². The fourth-order valence-electron chi connectivity index (χ4n) is 8.44. The molecule has 0 aromatic carbocycles. The number of aliphatic hydroxyl groups excluding tert-OH is 2. The van der Waals surface area contributed by atoms with Crippen molar-refractivity contribution < 1.29 is 24.5 Å². The minimum absolute atomic E-state index is 0.0475. The highest BCUT2D eigenvalue weighted by Crippen LogP contribution is 2.17. The van der Waals surface area contributed by atoms with E-state index in [1.165, 1.54) is 141 Å². The Labute approximate surface area is 415 Å². The number of carbonyl (C=O) groups excluding carboxylic acids is 2. The highest BCUT2D eigenvalue weighted by molar-refractivity contribution is 5.77. The third-order valence-corrected chi connectivity index (χ3v) is 12.8. The van der Waals surface area contributed by atoms with Gasteiger partial charge in [-0.1, -0.05) is 248 Å². The van der Waals surface area contributed by atoms with Crippen LogP contribution in [0.5, 0.6) is 0 Å². The van der Waals surface area contributed by atoms with Crippen LogP contribution in [-0.2, 0) is 14.3 Å². The molecule has 0 saturated heterocycles. The Kier molecular flexibility index (Phi) is 52.1. The molecule has 0 fully saturated rings. The van der Waals surface area contributed by atoms with E-state index < -0.39 is 18.2 Å². The molecule has 1 amide bonds. The van der Waals surface area contributed by atoms with E-state index in [2.05, 4.69) is 99.0 Å². The molecule has 3 unspecified atom stereocenters. The Balaban J connectivity index is 4.66. The second-order valence-electron chi connectivity index (χ2n) is 19.4. The maximum absolute atomic E-state index is 13.3. The molecular weight excluding hydrogens is 827 g/mol. The lowest BCUT2D eigenvalue weighted by Crippen LogP contribution is -2.46. The van der Waals surface area contributed by atoms with Crippen LogP contribution in [0.4, 0.5) is 0 Å². The average Bonchev–Trinajstić information content (AvgIpc) is 3.32. The van der Waals surface area contributed by atoms with Gasteiger partial charge in [0.25, 0.3) is 0 Å². The minimum atomic E-state index is -0.803. The van der Waals surface area contributed by atoms with E-state index in [0.717, 1.165) is 89.9 Å². The molecule has 67 heavy (non-hydrogen) atoms. The number of unbranched alkanes of at least 4 members (excludes halogenated alkanes) is 29. The summed E-state index contributed by atoms with van der Waals surface area (Å²) in [5.41, 5.74) is 0. The normalized spacial score (nSPS) is 13.7. The smallest absolute Gasteiger partial charge is 0.306 e. The lowest BCUT2D eigenvalue weighted by molar-refractivity contribution is -0.151. The quantitative estimate of drug-likeness (QED) is 0.0244. The van der Waals surface area contributed by atoms with Gasteiger partial charge in [-0.25, -0.2) is 0 Å². The molecule has 0 aliphatic heterocycles. The molecule has 0 aromatic rings. The molecular formula is C61H109NO5. The van der Waals surface area contributed by atoms with Gasteiger partial charge in [-0.2, -0.15) is 0 Å². The number of nitrogens with one attached hydrogen (secondary N) is 1.